The Hall–Kier alpha value is -1.03. The van der Waals surface area contributed by atoms with Crippen LogP contribution in [0.1, 0.15) is 65.2 Å². The standard InChI is InChI=1S/C15H29N3O/c1-7-8-16-13(9-11(2)3)15-14(19-6)10-17-18(15)12(4)5/h10-13,16H,7-9H2,1-6H3. The first-order valence-corrected chi connectivity index (χ1v) is 7.35. The van der Waals surface area contributed by atoms with Crippen molar-refractivity contribution >= 4 is 0 Å². The Kier molecular flexibility index (Phi) is 6.35. The van der Waals surface area contributed by atoms with Crippen LogP contribution in [0, 0.1) is 5.92 Å². The van der Waals surface area contributed by atoms with Gasteiger partial charge < -0.3 is 10.1 Å². The fourth-order valence-electron chi connectivity index (χ4n) is 2.34. The summed E-state index contributed by atoms with van der Waals surface area (Å²) < 4.78 is 7.57. The van der Waals surface area contributed by atoms with E-state index in [4.69, 9.17) is 4.74 Å². The smallest absolute Gasteiger partial charge is 0.161 e. The maximum atomic E-state index is 5.50. The molecule has 1 aromatic heterocycles. The third-order valence-corrected chi connectivity index (χ3v) is 3.19. The van der Waals surface area contributed by atoms with E-state index >= 15 is 0 Å². The molecule has 1 unspecified atom stereocenters. The van der Waals surface area contributed by atoms with Gasteiger partial charge in [0.1, 0.15) is 0 Å². The highest BCUT2D eigenvalue weighted by atomic mass is 16.5. The molecule has 0 amide bonds. The third-order valence-electron chi connectivity index (χ3n) is 3.19. The Balaban J connectivity index is 3.07. The topological polar surface area (TPSA) is 39.1 Å². The minimum Gasteiger partial charge on any atom is -0.493 e. The van der Waals surface area contributed by atoms with E-state index in [0.717, 1.165) is 25.1 Å². The van der Waals surface area contributed by atoms with Crippen LogP contribution in [-0.4, -0.2) is 23.4 Å². The van der Waals surface area contributed by atoms with E-state index in [-0.39, 0.29) is 0 Å². The molecule has 1 heterocycles. The van der Waals surface area contributed by atoms with Crippen molar-refractivity contribution in [1.82, 2.24) is 15.1 Å². The van der Waals surface area contributed by atoms with Gasteiger partial charge in [-0.1, -0.05) is 20.8 Å². The molecule has 110 valence electrons. The summed E-state index contributed by atoms with van der Waals surface area (Å²) in [6, 6.07) is 0.650. The summed E-state index contributed by atoms with van der Waals surface area (Å²) >= 11 is 0. The fraction of sp³-hybridized carbons (Fsp3) is 0.800. The molecule has 0 bridgehead atoms. The van der Waals surface area contributed by atoms with E-state index in [0.29, 0.717) is 18.0 Å². The van der Waals surface area contributed by atoms with Crippen molar-refractivity contribution in [2.45, 2.75) is 59.5 Å². The summed E-state index contributed by atoms with van der Waals surface area (Å²) in [6.07, 6.45) is 4.05. The molecule has 1 rings (SSSR count). The van der Waals surface area contributed by atoms with E-state index < -0.39 is 0 Å². The second-order valence-electron chi connectivity index (χ2n) is 5.77. The summed E-state index contributed by atoms with van der Waals surface area (Å²) in [7, 11) is 1.72. The number of hydrogen-bond acceptors (Lipinski definition) is 3. The Bertz CT molecular complexity index is 371. The second kappa shape index (κ2) is 7.53. The van der Waals surface area contributed by atoms with Crippen LogP contribution in [0.3, 0.4) is 0 Å². The largest absolute Gasteiger partial charge is 0.493 e. The van der Waals surface area contributed by atoms with Crippen LogP contribution in [0.4, 0.5) is 0 Å². The van der Waals surface area contributed by atoms with Crippen molar-refractivity contribution in [3.8, 4) is 5.75 Å². The summed E-state index contributed by atoms with van der Waals surface area (Å²) in [5.41, 5.74) is 1.18. The van der Waals surface area contributed by atoms with Crippen LogP contribution in [0.15, 0.2) is 6.20 Å². The Morgan fingerprint density at radius 1 is 1.32 bits per heavy atom. The lowest BCUT2D eigenvalue weighted by Crippen LogP contribution is -2.27. The highest BCUT2D eigenvalue weighted by Gasteiger charge is 2.23. The zero-order chi connectivity index (χ0) is 14.4. The van der Waals surface area contributed by atoms with Gasteiger partial charge in [-0.15, -0.1) is 0 Å². The van der Waals surface area contributed by atoms with E-state index in [9.17, 15) is 0 Å². The van der Waals surface area contributed by atoms with Crippen LogP contribution >= 0.6 is 0 Å². The molecule has 1 aromatic rings. The van der Waals surface area contributed by atoms with Gasteiger partial charge in [0.15, 0.2) is 5.75 Å². The normalized spacial score (nSPS) is 13.3. The summed E-state index contributed by atoms with van der Waals surface area (Å²) in [5.74, 6) is 1.53. The number of methoxy groups -OCH3 is 1. The van der Waals surface area contributed by atoms with E-state index in [1.165, 1.54) is 5.69 Å². The molecule has 0 aliphatic heterocycles. The molecule has 1 atom stereocenters. The van der Waals surface area contributed by atoms with E-state index in [1.54, 1.807) is 7.11 Å². The zero-order valence-corrected chi connectivity index (χ0v) is 13.2. The third kappa shape index (κ3) is 4.23. The highest BCUT2D eigenvalue weighted by Crippen LogP contribution is 2.31. The minimum atomic E-state index is 0.305. The predicted octanol–water partition coefficient (Wildman–Crippen LogP) is 3.56. The average Bonchev–Trinajstić information content (AvgIpc) is 2.77. The number of nitrogens with zero attached hydrogens (tertiary/aromatic N) is 2. The SMILES string of the molecule is CCCNC(CC(C)C)c1c(OC)cnn1C(C)C. The van der Waals surface area contributed by atoms with Crippen molar-refractivity contribution in [2.75, 3.05) is 13.7 Å². The minimum absolute atomic E-state index is 0.305. The summed E-state index contributed by atoms with van der Waals surface area (Å²) in [6.45, 7) is 12.0. The number of rotatable bonds is 8. The fourth-order valence-corrected chi connectivity index (χ4v) is 2.34. The van der Waals surface area contributed by atoms with Crippen LogP contribution in [0.2, 0.25) is 0 Å². The van der Waals surface area contributed by atoms with E-state index in [1.807, 2.05) is 6.20 Å². The van der Waals surface area contributed by atoms with Crippen molar-refractivity contribution < 1.29 is 4.74 Å². The van der Waals surface area contributed by atoms with Crippen molar-refractivity contribution in [3.63, 3.8) is 0 Å². The number of ether oxygens (including phenoxy) is 1. The number of aromatic nitrogens is 2. The van der Waals surface area contributed by atoms with Gasteiger partial charge in [-0.25, -0.2) is 0 Å². The molecule has 0 saturated heterocycles. The first-order valence-electron chi connectivity index (χ1n) is 7.35. The lowest BCUT2D eigenvalue weighted by Gasteiger charge is -2.24. The van der Waals surface area contributed by atoms with Gasteiger partial charge in [0.2, 0.25) is 0 Å². The van der Waals surface area contributed by atoms with Crippen molar-refractivity contribution in [3.05, 3.63) is 11.9 Å². The lowest BCUT2D eigenvalue weighted by atomic mass is 10.00. The first-order chi connectivity index (χ1) is 9.01. The van der Waals surface area contributed by atoms with Gasteiger partial charge in [-0.3, -0.25) is 4.68 Å². The Morgan fingerprint density at radius 3 is 2.47 bits per heavy atom. The average molecular weight is 267 g/mol. The Morgan fingerprint density at radius 2 is 2.00 bits per heavy atom. The predicted molar refractivity (Wildman–Crippen MR) is 79.7 cm³/mol. The maximum Gasteiger partial charge on any atom is 0.161 e. The van der Waals surface area contributed by atoms with Crippen LogP contribution in [0.5, 0.6) is 5.75 Å². The second-order valence-corrected chi connectivity index (χ2v) is 5.77. The molecule has 0 spiro atoms. The summed E-state index contributed by atoms with van der Waals surface area (Å²) in [4.78, 5) is 0. The quantitative estimate of drug-likeness (QED) is 0.782. The van der Waals surface area contributed by atoms with E-state index in [2.05, 4.69) is 49.7 Å². The molecule has 0 fully saturated rings. The molecule has 0 saturated carbocycles. The number of nitrogens with one attached hydrogen (secondary N) is 1. The molecule has 4 nitrogen and oxygen atoms in total. The first kappa shape index (κ1) is 16.0. The summed E-state index contributed by atoms with van der Waals surface area (Å²) in [5, 5.41) is 8.11. The molecule has 0 aromatic carbocycles. The van der Waals surface area contributed by atoms with Crippen molar-refractivity contribution in [2.24, 2.45) is 5.92 Å². The zero-order valence-electron chi connectivity index (χ0n) is 13.2. The van der Waals surface area contributed by atoms with Gasteiger partial charge in [0.05, 0.1) is 25.0 Å². The molecule has 1 N–H and O–H groups in total. The molecular formula is C15H29N3O. The van der Waals surface area contributed by atoms with Gasteiger partial charge >= 0.3 is 0 Å². The molecule has 0 radical (unpaired) electrons. The molecule has 4 heteroatoms. The monoisotopic (exact) mass is 267 g/mol. The lowest BCUT2D eigenvalue weighted by molar-refractivity contribution is 0.358. The van der Waals surface area contributed by atoms with Crippen LogP contribution < -0.4 is 10.1 Å². The van der Waals surface area contributed by atoms with Gasteiger partial charge in [-0.2, -0.15) is 5.10 Å². The number of hydrogen-bond donors (Lipinski definition) is 1. The maximum absolute atomic E-state index is 5.50. The molecule has 0 aliphatic carbocycles. The Labute approximate surface area is 117 Å². The van der Waals surface area contributed by atoms with Gasteiger partial charge in [0, 0.05) is 6.04 Å². The highest BCUT2D eigenvalue weighted by molar-refractivity contribution is 5.29. The van der Waals surface area contributed by atoms with Gasteiger partial charge in [-0.05, 0) is 39.2 Å². The van der Waals surface area contributed by atoms with Crippen LogP contribution in [-0.2, 0) is 0 Å². The molecule has 19 heavy (non-hydrogen) atoms. The van der Waals surface area contributed by atoms with Gasteiger partial charge in [0.25, 0.3) is 0 Å². The molecule has 0 aliphatic rings. The molecular weight excluding hydrogens is 238 g/mol. The van der Waals surface area contributed by atoms with Crippen LogP contribution in [0.25, 0.3) is 0 Å². The van der Waals surface area contributed by atoms with Crippen molar-refractivity contribution in [1.29, 1.82) is 0 Å².